The van der Waals surface area contributed by atoms with Crippen LogP contribution in [0.2, 0.25) is 0 Å². The summed E-state index contributed by atoms with van der Waals surface area (Å²) < 4.78 is 2.33. The summed E-state index contributed by atoms with van der Waals surface area (Å²) in [5, 5.41) is 3.81. The van der Waals surface area contributed by atoms with Crippen molar-refractivity contribution in [2.45, 2.75) is 0 Å². The molecule has 0 atom stereocenters. The van der Waals surface area contributed by atoms with Gasteiger partial charge in [-0.2, -0.15) is 0 Å². The Morgan fingerprint density at radius 1 is 0.808 bits per heavy atom. The number of aromatic nitrogens is 2. The van der Waals surface area contributed by atoms with Crippen molar-refractivity contribution in [1.82, 2.24) is 9.55 Å². The van der Waals surface area contributed by atoms with Gasteiger partial charge < -0.3 is 4.98 Å². The third-order valence-corrected chi connectivity index (χ3v) is 5.27. The first kappa shape index (κ1) is 13.7. The van der Waals surface area contributed by atoms with Crippen molar-refractivity contribution < 1.29 is 0 Å². The summed E-state index contributed by atoms with van der Waals surface area (Å²) in [5.74, 6) is 0. The summed E-state index contributed by atoms with van der Waals surface area (Å²) in [5.41, 5.74) is 7.19. The van der Waals surface area contributed by atoms with Gasteiger partial charge in [0, 0.05) is 22.4 Å². The van der Waals surface area contributed by atoms with Crippen molar-refractivity contribution in [3.63, 3.8) is 0 Å². The summed E-state index contributed by atoms with van der Waals surface area (Å²) >= 11 is 0. The molecule has 2 aromatic heterocycles. The Balaban J connectivity index is 1.85. The second-order valence-corrected chi connectivity index (χ2v) is 6.67. The van der Waals surface area contributed by atoms with Crippen LogP contribution in [0, 0.1) is 6.08 Å². The zero-order valence-corrected chi connectivity index (χ0v) is 14.0. The highest BCUT2D eigenvalue weighted by Gasteiger charge is 2.25. The van der Waals surface area contributed by atoms with E-state index in [0.717, 1.165) is 0 Å². The standard InChI is InChI=1S/C24H15N2/c1-2-8-16(9-3-1)26-21-13-7-5-11-19(21)23-22(26)15-14-18-17-10-4-6-12-20(17)25-24(18)23/h1-6,8-15,25H/q+1. The number of hydrogen-bond acceptors (Lipinski definition) is 0. The van der Waals surface area contributed by atoms with Gasteiger partial charge in [-0.05, 0) is 24.3 Å². The molecule has 0 saturated heterocycles. The van der Waals surface area contributed by atoms with Gasteiger partial charge in [-0.15, -0.1) is 0 Å². The number of nitrogens with one attached hydrogen (secondary N) is 1. The summed E-state index contributed by atoms with van der Waals surface area (Å²) in [6, 6.07) is 23.5. The third kappa shape index (κ3) is 1.69. The molecule has 2 nitrogen and oxygen atoms in total. The number of allylic oxidation sites excluding steroid dienone is 2. The van der Waals surface area contributed by atoms with E-state index in [0.29, 0.717) is 0 Å². The number of H-pyrrole nitrogens is 1. The minimum Gasteiger partial charge on any atom is -0.354 e. The van der Waals surface area contributed by atoms with E-state index in [1.807, 2.05) is 6.08 Å². The van der Waals surface area contributed by atoms with E-state index in [-0.39, 0.29) is 0 Å². The molecular formula is C24H15N2+. The fraction of sp³-hybridized carbons (Fsp3) is 0. The van der Waals surface area contributed by atoms with Gasteiger partial charge in [0.1, 0.15) is 17.7 Å². The topological polar surface area (TPSA) is 20.7 Å². The predicted octanol–water partition coefficient (Wildman–Crippen LogP) is 6.11. The maximum absolute atomic E-state index is 3.65. The number of para-hydroxylation sites is 2. The Bertz CT molecular complexity index is 1360. The van der Waals surface area contributed by atoms with E-state index < -0.39 is 0 Å². The average Bonchev–Trinajstić information content (AvgIpc) is 3.24. The molecular weight excluding hydrogens is 316 g/mol. The first-order chi connectivity index (χ1) is 12.9. The molecule has 0 unspecified atom stereocenters. The highest BCUT2D eigenvalue weighted by Crippen LogP contribution is 2.39. The lowest BCUT2D eigenvalue weighted by molar-refractivity contribution is 1.10. The lowest BCUT2D eigenvalue weighted by atomic mass is 10.0. The number of aromatic amines is 1. The van der Waals surface area contributed by atoms with Crippen molar-refractivity contribution in [2.24, 2.45) is 0 Å². The molecule has 2 heteroatoms. The van der Waals surface area contributed by atoms with Crippen LogP contribution < -0.4 is 0 Å². The van der Waals surface area contributed by atoms with Gasteiger partial charge in [-0.1, -0.05) is 42.5 Å². The zero-order valence-electron chi connectivity index (χ0n) is 14.0. The molecule has 0 bridgehead atoms. The lowest BCUT2D eigenvalue weighted by Crippen LogP contribution is -1.97. The molecule has 1 N–H and O–H groups in total. The van der Waals surface area contributed by atoms with Gasteiger partial charge in [0.15, 0.2) is 5.69 Å². The molecule has 0 aliphatic heterocycles. The van der Waals surface area contributed by atoms with Gasteiger partial charge in [0.2, 0.25) is 0 Å². The smallest absolute Gasteiger partial charge is 0.166 e. The number of nitrogens with zero attached hydrogens (tertiary/aromatic N) is 1. The van der Waals surface area contributed by atoms with E-state index in [9.17, 15) is 0 Å². The van der Waals surface area contributed by atoms with Crippen LogP contribution in [0.15, 0.2) is 72.8 Å². The Labute approximate surface area is 150 Å². The molecule has 0 amide bonds. The molecule has 0 saturated carbocycles. The van der Waals surface area contributed by atoms with E-state index in [1.165, 1.54) is 49.7 Å². The number of fused-ring (bicyclic) bond motifs is 7. The van der Waals surface area contributed by atoms with E-state index in [1.54, 1.807) is 0 Å². The molecule has 3 aromatic carbocycles. The van der Waals surface area contributed by atoms with Gasteiger partial charge in [0.05, 0.1) is 28.2 Å². The Kier molecular flexibility index (Phi) is 2.60. The van der Waals surface area contributed by atoms with E-state index >= 15 is 0 Å². The number of hydrogen-bond donors (Lipinski definition) is 1. The Hall–Kier alpha value is -3.61. The average molecular weight is 331 g/mol. The van der Waals surface area contributed by atoms with Crippen LogP contribution in [0.4, 0.5) is 0 Å². The molecule has 0 fully saturated rings. The molecule has 5 aromatic rings. The van der Waals surface area contributed by atoms with Gasteiger partial charge in [-0.25, -0.2) is 0 Å². The summed E-state index contributed by atoms with van der Waals surface area (Å²) in [7, 11) is 0. The first-order valence-corrected chi connectivity index (χ1v) is 8.81. The Morgan fingerprint density at radius 2 is 1.65 bits per heavy atom. The SMILES string of the molecule is [C+]1=Cc2c(c3c4[nH]c5ccccc5c4ccc3n2-c2ccccc2)C=C1. The van der Waals surface area contributed by atoms with Crippen LogP contribution in [0.3, 0.4) is 0 Å². The summed E-state index contributed by atoms with van der Waals surface area (Å²) in [4.78, 5) is 3.65. The van der Waals surface area contributed by atoms with Crippen LogP contribution in [0.25, 0.3) is 50.5 Å². The normalized spacial score (nSPS) is 12.8. The molecule has 2 heterocycles. The third-order valence-electron chi connectivity index (χ3n) is 5.27. The molecule has 26 heavy (non-hydrogen) atoms. The van der Waals surface area contributed by atoms with E-state index in [2.05, 4.69) is 94.5 Å². The Morgan fingerprint density at radius 3 is 2.58 bits per heavy atom. The second kappa shape index (κ2) is 4.95. The maximum Gasteiger partial charge on any atom is 0.166 e. The number of rotatable bonds is 1. The molecule has 120 valence electrons. The molecule has 1 aliphatic carbocycles. The van der Waals surface area contributed by atoms with Crippen LogP contribution >= 0.6 is 0 Å². The lowest BCUT2D eigenvalue weighted by Gasteiger charge is -2.05. The number of benzene rings is 3. The molecule has 1 aliphatic rings. The van der Waals surface area contributed by atoms with Crippen molar-refractivity contribution in [1.29, 1.82) is 0 Å². The van der Waals surface area contributed by atoms with Crippen LogP contribution in [-0.4, -0.2) is 9.55 Å². The largest absolute Gasteiger partial charge is 0.354 e. The first-order valence-electron chi connectivity index (χ1n) is 8.81. The monoisotopic (exact) mass is 331 g/mol. The van der Waals surface area contributed by atoms with Crippen molar-refractivity contribution >= 4 is 44.9 Å². The highest BCUT2D eigenvalue weighted by molar-refractivity contribution is 6.19. The predicted molar refractivity (Wildman–Crippen MR) is 109 cm³/mol. The summed E-state index contributed by atoms with van der Waals surface area (Å²) in [6.07, 6.45) is 9.50. The van der Waals surface area contributed by atoms with Crippen molar-refractivity contribution in [3.8, 4) is 5.69 Å². The quantitative estimate of drug-likeness (QED) is 0.358. The highest BCUT2D eigenvalue weighted by atomic mass is 15.0. The molecule has 6 rings (SSSR count). The second-order valence-electron chi connectivity index (χ2n) is 6.67. The fourth-order valence-electron chi connectivity index (χ4n) is 4.17. The van der Waals surface area contributed by atoms with E-state index in [4.69, 9.17) is 0 Å². The van der Waals surface area contributed by atoms with Crippen LogP contribution in [-0.2, 0) is 0 Å². The fourth-order valence-corrected chi connectivity index (χ4v) is 4.17. The molecule has 0 radical (unpaired) electrons. The van der Waals surface area contributed by atoms with Gasteiger partial charge >= 0.3 is 0 Å². The minimum atomic E-state index is 1.17. The van der Waals surface area contributed by atoms with Crippen molar-refractivity contribution in [3.05, 3.63) is 90.1 Å². The van der Waals surface area contributed by atoms with Crippen LogP contribution in [0.5, 0.6) is 0 Å². The van der Waals surface area contributed by atoms with Gasteiger partial charge in [-0.3, -0.25) is 4.57 Å². The maximum atomic E-state index is 3.65. The zero-order chi connectivity index (χ0) is 17.1. The minimum absolute atomic E-state index is 1.17. The summed E-state index contributed by atoms with van der Waals surface area (Å²) in [6.45, 7) is 0. The van der Waals surface area contributed by atoms with Crippen LogP contribution in [0.1, 0.15) is 11.3 Å². The van der Waals surface area contributed by atoms with Crippen molar-refractivity contribution in [2.75, 3.05) is 0 Å². The van der Waals surface area contributed by atoms with Gasteiger partial charge in [0.25, 0.3) is 0 Å². The molecule has 0 spiro atoms.